The van der Waals surface area contributed by atoms with E-state index in [9.17, 15) is 4.79 Å². The van der Waals surface area contributed by atoms with E-state index in [0.29, 0.717) is 6.61 Å². The van der Waals surface area contributed by atoms with E-state index in [2.05, 4.69) is 6.92 Å². The lowest BCUT2D eigenvalue weighted by Gasteiger charge is -2.16. The summed E-state index contributed by atoms with van der Waals surface area (Å²) in [5, 5.41) is 0. The Bertz CT molecular complexity index is 439. The zero-order chi connectivity index (χ0) is 13.1. The van der Waals surface area contributed by atoms with Crippen LogP contribution in [0.25, 0.3) is 0 Å². The Kier molecular flexibility index (Phi) is 4.02. The Morgan fingerprint density at radius 1 is 1.50 bits per heavy atom. The third-order valence-electron chi connectivity index (χ3n) is 3.63. The van der Waals surface area contributed by atoms with Crippen LogP contribution in [-0.4, -0.2) is 25.6 Å². The molecule has 1 heterocycles. The van der Waals surface area contributed by atoms with Gasteiger partial charge in [-0.25, -0.2) is 0 Å². The summed E-state index contributed by atoms with van der Waals surface area (Å²) in [6, 6.07) is 5.62. The summed E-state index contributed by atoms with van der Waals surface area (Å²) in [6.07, 6.45) is 1.81. The molecule has 2 atom stereocenters. The van der Waals surface area contributed by atoms with Crippen LogP contribution in [0.15, 0.2) is 18.2 Å². The molecule has 1 saturated heterocycles. The van der Waals surface area contributed by atoms with Crippen molar-refractivity contribution >= 4 is 5.78 Å². The van der Waals surface area contributed by atoms with Gasteiger partial charge in [0, 0.05) is 12.2 Å². The molecule has 0 aliphatic carbocycles. The van der Waals surface area contributed by atoms with Crippen molar-refractivity contribution in [2.45, 2.75) is 32.8 Å². The highest BCUT2D eigenvalue weighted by Crippen LogP contribution is 2.28. The molecular formula is C15H20O3. The van der Waals surface area contributed by atoms with Crippen LogP contribution in [0.3, 0.4) is 0 Å². The number of aryl methyl sites for hydroxylation is 1. The second-order valence-corrected chi connectivity index (χ2v) is 4.76. The molecule has 18 heavy (non-hydrogen) atoms. The fourth-order valence-corrected chi connectivity index (χ4v) is 2.60. The van der Waals surface area contributed by atoms with E-state index < -0.39 is 0 Å². The molecule has 1 aromatic carbocycles. The molecule has 0 N–H and O–H groups in total. The first-order valence-electron chi connectivity index (χ1n) is 6.47. The number of rotatable bonds is 4. The minimum Gasteiger partial charge on any atom is -0.496 e. The number of ketones is 1. The number of carbonyl (C=O) groups is 1. The van der Waals surface area contributed by atoms with Crippen LogP contribution in [0.4, 0.5) is 0 Å². The average molecular weight is 248 g/mol. The number of benzene rings is 1. The van der Waals surface area contributed by atoms with Gasteiger partial charge in [0.1, 0.15) is 5.75 Å². The van der Waals surface area contributed by atoms with Gasteiger partial charge in [0.15, 0.2) is 5.78 Å². The Morgan fingerprint density at radius 3 is 2.89 bits per heavy atom. The molecule has 1 aromatic rings. The number of hydrogen-bond acceptors (Lipinski definition) is 3. The van der Waals surface area contributed by atoms with Gasteiger partial charge in [-0.3, -0.25) is 4.79 Å². The van der Waals surface area contributed by atoms with Gasteiger partial charge in [-0.15, -0.1) is 0 Å². The highest BCUT2D eigenvalue weighted by molar-refractivity contribution is 5.98. The molecule has 1 fully saturated rings. The van der Waals surface area contributed by atoms with E-state index in [1.807, 2.05) is 25.1 Å². The van der Waals surface area contributed by atoms with Crippen LogP contribution >= 0.6 is 0 Å². The maximum atomic E-state index is 12.4. The lowest BCUT2D eigenvalue weighted by Crippen LogP contribution is -2.23. The molecular weight excluding hydrogens is 228 g/mol. The van der Waals surface area contributed by atoms with E-state index in [1.54, 1.807) is 7.11 Å². The summed E-state index contributed by atoms with van der Waals surface area (Å²) in [4.78, 5) is 12.4. The van der Waals surface area contributed by atoms with Crippen LogP contribution < -0.4 is 4.74 Å². The maximum absolute atomic E-state index is 12.4. The Labute approximate surface area is 108 Å². The molecule has 0 amide bonds. The van der Waals surface area contributed by atoms with Gasteiger partial charge in [-0.05, 0) is 43.5 Å². The largest absolute Gasteiger partial charge is 0.496 e. The van der Waals surface area contributed by atoms with E-state index >= 15 is 0 Å². The smallest absolute Gasteiger partial charge is 0.168 e. The zero-order valence-electron chi connectivity index (χ0n) is 11.2. The molecule has 3 nitrogen and oxygen atoms in total. The van der Waals surface area contributed by atoms with Gasteiger partial charge in [-0.2, -0.15) is 0 Å². The van der Waals surface area contributed by atoms with E-state index in [1.165, 1.54) is 0 Å². The fourth-order valence-electron chi connectivity index (χ4n) is 2.60. The van der Waals surface area contributed by atoms with Crippen LogP contribution in [0.5, 0.6) is 5.75 Å². The predicted molar refractivity (Wildman–Crippen MR) is 70.2 cm³/mol. The van der Waals surface area contributed by atoms with Gasteiger partial charge in [0.25, 0.3) is 0 Å². The Balaban J connectivity index is 2.21. The zero-order valence-corrected chi connectivity index (χ0v) is 11.2. The van der Waals surface area contributed by atoms with Gasteiger partial charge >= 0.3 is 0 Å². The molecule has 0 radical (unpaired) electrons. The van der Waals surface area contributed by atoms with Crippen molar-refractivity contribution in [3.05, 3.63) is 29.3 Å². The van der Waals surface area contributed by atoms with E-state index in [-0.39, 0.29) is 17.8 Å². The van der Waals surface area contributed by atoms with Gasteiger partial charge < -0.3 is 9.47 Å². The molecule has 98 valence electrons. The van der Waals surface area contributed by atoms with Gasteiger partial charge in [-0.1, -0.05) is 6.92 Å². The third-order valence-corrected chi connectivity index (χ3v) is 3.63. The normalized spacial score (nSPS) is 23.1. The van der Waals surface area contributed by atoms with Crippen molar-refractivity contribution in [2.24, 2.45) is 5.92 Å². The summed E-state index contributed by atoms with van der Waals surface area (Å²) in [6.45, 7) is 4.72. The van der Waals surface area contributed by atoms with Gasteiger partial charge in [0.05, 0.1) is 19.1 Å². The summed E-state index contributed by atoms with van der Waals surface area (Å²) >= 11 is 0. The quantitative estimate of drug-likeness (QED) is 0.768. The summed E-state index contributed by atoms with van der Waals surface area (Å²) in [5.74, 6) is 1.04. The monoisotopic (exact) mass is 248 g/mol. The first-order valence-corrected chi connectivity index (χ1v) is 6.47. The first-order chi connectivity index (χ1) is 8.67. The maximum Gasteiger partial charge on any atom is 0.168 e. The van der Waals surface area contributed by atoms with Crippen molar-refractivity contribution in [3.8, 4) is 5.75 Å². The predicted octanol–water partition coefficient (Wildman–Crippen LogP) is 3.00. The molecule has 0 bridgehead atoms. The Morgan fingerprint density at radius 2 is 2.28 bits per heavy atom. The second kappa shape index (κ2) is 5.53. The lowest BCUT2D eigenvalue weighted by atomic mass is 9.90. The number of carbonyl (C=O) groups excluding carboxylic acids is 1. The molecule has 0 saturated carbocycles. The summed E-state index contributed by atoms with van der Waals surface area (Å²) in [5.41, 5.74) is 1.76. The van der Waals surface area contributed by atoms with Crippen molar-refractivity contribution in [1.82, 2.24) is 0 Å². The van der Waals surface area contributed by atoms with Crippen LogP contribution in [0, 0.1) is 12.8 Å². The fraction of sp³-hybridized carbons (Fsp3) is 0.533. The number of Topliss-reactive ketones (excluding diaryl/α,β-unsaturated/α-hetero) is 1. The average Bonchev–Trinajstić information content (AvgIpc) is 2.86. The molecule has 0 aromatic heterocycles. The Hall–Kier alpha value is -1.35. The van der Waals surface area contributed by atoms with Crippen molar-refractivity contribution in [2.75, 3.05) is 13.7 Å². The molecule has 2 unspecified atom stereocenters. The molecule has 3 heteroatoms. The van der Waals surface area contributed by atoms with Gasteiger partial charge in [0.2, 0.25) is 0 Å². The minimum atomic E-state index is 0.0165. The highest BCUT2D eigenvalue weighted by Gasteiger charge is 2.33. The topological polar surface area (TPSA) is 35.5 Å². The molecule has 0 spiro atoms. The summed E-state index contributed by atoms with van der Waals surface area (Å²) in [7, 11) is 1.64. The van der Waals surface area contributed by atoms with Crippen LogP contribution in [0.2, 0.25) is 0 Å². The number of ether oxygens (including phenoxy) is 2. The van der Waals surface area contributed by atoms with Crippen LogP contribution in [0.1, 0.15) is 35.7 Å². The number of hydrogen-bond donors (Lipinski definition) is 0. The standard InChI is InChI=1S/C15H20O3/c1-4-13-12(7-8-18-13)15(16)11-5-6-14(17-3)10(2)9-11/h5-6,9,12-13H,4,7-8H2,1-3H3. The molecule has 2 rings (SSSR count). The summed E-state index contributed by atoms with van der Waals surface area (Å²) < 4.78 is 10.8. The van der Waals surface area contributed by atoms with E-state index in [0.717, 1.165) is 29.7 Å². The SMILES string of the molecule is CCC1OCCC1C(=O)c1ccc(OC)c(C)c1. The van der Waals surface area contributed by atoms with Crippen molar-refractivity contribution in [3.63, 3.8) is 0 Å². The number of methoxy groups -OCH3 is 1. The highest BCUT2D eigenvalue weighted by atomic mass is 16.5. The lowest BCUT2D eigenvalue weighted by molar-refractivity contribution is 0.0689. The molecule has 1 aliphatic rings. The second-order valence-electron chi connectivity index (χ2n) is 4.76. The third kappa shape index (κ3) is 2.41. The van der Waals surface area contributed by atoms with Crippen molar-refractivity contribution in [1.29, 1.82) is 0 Å². The minimum absolute atomic E-state index is 0.0165. The first kappa shape index (κ1) is 13.1. The van der Waals surface area contributed by atoms with E-state index in [4.69, 9.17) is 9.47 Å². The van der Waals surface area contributed by atoms with Crippen LogP contribution in [-0.2, 0) is 4.74 Å². The van der Waals surface area contributed by atoms with Crippen molar-refractivity contribution < 1.29 is 14.3 Å². The molecule has 1 aliphatic heterocycles.